The molecule has 1 aromatic rings. The van der Waals surface area contributed by atoms with E-state index in [1.807, 2.05) is 5.38 Å². The van der Waals surface area contributed by atoms with E-state index in [0.29, 0.717) is 5.69 Å². The molecule has 0 aromatic carbocycles. The number of aliphatic carboxylic acids is 1. The van der Waals surface area contributed by atoms with Crippen molar-refractivity contribution in [2.24, 2.45) is 17.8 Å². The maximum Gasteiger partial charge on any atom is 0.309 e. The minimum Gasteiger partial charge on any atom is -0.481 e. The number of carboxylic acids is 1. The van der Waals surface area contributed by atoms with Crippen LogP contribution in [0.4, 0.5) is 5.13 Å². The number of rotatable bonds is 7. The highest BCUT2D eigenvalue weighted by atomic mass is 32.1. The lowest BCUT2D eigenvalue weighted by Gasteiger charge is -2.15. The molecule has 0 spiro atoms. The van der Waals surface area contributed by atoms with E-state index in [9.17, 15) is 4.79 Å². The molecule has 18 heavy (non-hydrogen) atoms. The first-order chi connectivity index (χ1) is 8.72. The van der Waals surface area contributed by atoms with Gasteiger partial charge < -0.3 is 10.4 Å². The van der Waals surface area contributed by atoms with Crippen molar-refractivity contribution < 1.29 is 9.90 Å². The summed E-state index contributed by atoms with van der Waals surface area (Å²) >= 11 is 1.51. The van der Waals surface area contributed by atoms with Gasteiger partial charge in [-0.25, -0.2) is 4.98 Å². The summed E-state index contributed by atoms with van der Waals surface area (Å²) in [6.45, 7) is 1.01. The molecule has 1 aromatic heterocycles. The Hall–Kier alpha value is -1.10. The fraction of sp³-hybridized carbons (Fsp3) is 0.692. The van der Waals surface area contributed by atoms with E-state index >= 15 is 0 Å². The number of nitrogens with zero attached hydrogens (tertiary/aromatic N) is 1. The third-order valence-electron chi connectivity index (χ3n) is 3.83. The first-order valence-electron chi connectivity index (χ1n) is 6.62. The number of hydrogen-bond acceptors (Lipinski definition) is 4. The van der Waals surface area contributed by atoms with Gasteiger partial charge in [0.05, 0.1) is 12.1 Å². The van der Waals surface area contributed by atoms with Gasteiger partial charge in [0.25, 0.3) is 0 Å². The first-order valence-corrected chi connectivity index (χ1v) is 7.50. The van der Waals surface area contributed by atoms with Crippen LogP contribution < -0.4 is 5.32 Å². The van der Waals surface area contributed by atoms with Gasteiger partial charge in [-0.3, -0.25) is 4.79 Å². The van der Waals surface area contributed by atoms with E-state index in [-0.39, 0.29) is 6.42 Å². The van der Waals surface area contributed by atoms with Gasteiger partial charge in [-0.15, -0.1) is 11.3 Å². The molecule has 1 heterocycles. The van der Waals surface area contributed by atoms with Crippen LogP contribution >= 0.6 is 11.3 Å². The Kier molecular flexibility index (Phi) is 3.24. The Labute approximate surface area is 110 Å². The normalized spacial score (nSPS) is 19.2. The number of hydrogen-bond donors (Lipinski definition) is 2. The van der Waals surface area contributed by atoms with Gasteiger partial charge in [-0.2, -0.15) is 0 Å². The highest BCUT2D eigenvalue weighted by molar-refractivity contribution is 7.13. The van der Waals surface area contributed by atoms with Gasteiger partial charge >= 0.3 is 5.97 Å². The highest BCUT2D eigenvalue weighted by Crippen LogP contribution is 2.49. The van der Waals surface area contributed by atoms with E-state index in [1.54, 1.807) is 0 Å². The molecule has 2 aliphatic carbocycles. The molecular formula is C13H18N2O2S. The second-order valence-corrected chi connectivity index (χ2v) is 6.29. The predicted octanol–water partition coefficient (Wildman–Crippen LogP) is 2.62. The van der Waals surface area contributed by atoms with Crippen molar-refractivity contribution in [3.63, 3.8) is 0 Å². The van der Waals surface area contributed by atoms with Crippen molar-refractivity contribution in [2.45, 2.75) is 32.1 Å². The van der Waals surface area contributed by atoms with Crippen LogP contribution in [0, 0.1) is 17.8 Å². The smallest absolute Gasteiger partial charge is 0.309 e. The summed E-state index contributed by atoms with van der Waals surface area (Å²) in [4.78, 5) is 14.9. The van der Waals surface area contributed by atoms with Crippen LogP contribution in [-0.4, -0.2) is 22.6 Å². The molecule has 98 valence electrons. The molecule has 0 unspecified atom stereocenters. The summed E-state index contributed by atoms with van der Waals surface area (Å²) in [6, 6.07) is 0. The SMILES string of the molecule is O=C(O)Cc1csc(NCC(C2CC2)C2CC2)n1. The molecule has 2 N–H and O–H groups in total. The molecule has 0 bridgehead atoms. The molecule has 0 atom stereocenters. The second kappa shape index (κ2) is 4.88. The van der Waals surface area contributed by atoms with Crippen molar-refractivity contribution in [2.75, 3.05) is 11.9 Å². The average molecular weight is 266 g/mol. The van der Waals surface area contributed by atoms with Gasteiger partial charge in [0, 0.05) is 11.9 Å². The molecule has 5 heteroatoms. The van der Waals surface area contributed by atoms with Crippen LogP contribution in [0.3, 0.4) is 0 Å². The number of thiazole rings is 1. The van der Waals surface area contributed by atoms with Gasteiger partial charge in [-0.1, -0.05) is 0 Å². The van der Waals surface area contributed by atoms with Crippen LogP contribution in [0.1, 0.15) is 31.4 Å². The van der Waals surface area contributed by atoms with Gasteiger partial charge in [0.1, 0.15) is 0 Å². The minimum absolute atomic E-state index is 0.0207. The lowest BCUT2D eigenvalue weighted by molar-refractivity contribution is -0.136. The van der Waals surface area contributed by atoms with Crippen LogP contribution in [0.5, 0.6) is 0 Å². The van der Waals surface area contributed by atoms with Crippen molar-refractivity contribution in [1.29, 1.82) is 0 Å². The predicted molar refractivity (Wildman–Crippen MR) is 70.9 cm³/mol. The zero-order chi connectivity index (χ0) is 12.5. The Morgan fingerprint density at radius 3 is 2.67 bits per heavy atom. The molecular weight excluding hydrogens is 248 g/mol. The summed E-state index contributed by atoms with van der Waals surface area (Å²) in [6.07, 6.45) is 5.60. The molecule has 0 amide bonds. The number of carboxylic acid groups (broad SMARTS) is 1. The van der Waals surface area contributed by atoms with Gasteiger partial charge in [-0.05, 0) is 43.4 Å². The molecule has 0 aliphatic heterocycles. The van der Waals surface area contributed by atoms with Crippen molar-refractivity contribution in [3.8, 4) is 0 Å². The van der Waals surface area contributed by atoms with Crippen molar-refractivity contribution in [1.82, 2.24) is 4.98 Å². The monoisotopic (exact) mass is 266 g/mol. The van der Waals surface area contributed by atoms with Crippen molar-refractivity contribution >= 4 is 22.4 Å². The number of aromatic nitrogens is 1. The Morgan fingerprint density at radius 2 is 2.11 bits per heavy atom. The number of anilines is 1. The fourth-order valence-electron chi connectivity index (χ4n) is 2.60. The molecule has 4 nitrogen and oxygen atoms in total. The summed E-state index contributed by atoms with van der Waals surface area (Å²) in [5.74, 6) is 1.87. The van der Waals surface area contributed by atoms with Crippen LogP contribution in [0.15, 0.2) is 5.38 Å². The first kappa shape index (κ1) is 12.0. The van der Waals surface area contributed by atoms with Crippen LogP contribution in [0.2, 0.25) is 0 Å². The summed E-state index contributed by atoms with van der Waals surface area (Å²) in [5.41, 5.74) is 0.657. The molecule has 2 fully saturated rings. The molecule has 2 saturated carbocycles. The third-order valence-corrected chi connectivity index (χ3v) is 4.68. The Morgan fingerprint density at radius 1 is 1.44 bits per heavy atom. The molecule has 2 aliphatic rings. The zero-order valence-electron chi connectivity index (χ0n) is 10.3. The topological polar surface area (TPSA) is 62.2 Å². The van der Waals surface area contributed by atoms with Crippen molar-refractivity contribution in [3.05, 3.63) is 11.1 Å². The lowest BCUT2D eigenvalue weighted by atomic mass is 9.98. The van der Waals surface area contributed by atoms with E-state index in [1.165, 1.54) is 37.0 Å². The van der Waals surface area contributed by atoms with E-state index in [0.717, 1.165) is 29.4 Å². The summed E-state index contributed by atoms with van der Waals surface area (Å²) in [7, 11) is 0. The molecule has 0 radical (unpaired) electrons. The molecule has 0 saturated heterocycles. The van der Waals surface area contributed by atoms with E-state index < -0.39 is 5.97 Å². The Balaban J connectivity index is 1.52. The third kappa shape index (κ3) is 3.02. The number of nitrogens with one attached hydrogen (secondary N) is 1. The maximum absolute atomic E-state index is 10.6. The number of carbonyl (C=O) groups is 1. The van der Waals surface area contributed by atoms with E-state index in [4.69, 9.17) is 5.11 Å². The lowest BCUT2D eigenvalue weighted by Crippen LogP contribution is -2.18. The van der Waals surface area contributed by atoms with E-state index in [2.05, 4.69) is 10.3 Å². The average Bonchev–Trinajstić information content (AvgIpc) is 3.19. The summed E-state index contributed by atoms with van der Waals surface area (Å²) in [5, 5.41) is 14.8. The zero-order valence-corrected chi connectivity index (χ0v) is 11.1. The standard InChI is InChI=1S/C13H18N2O2S/c16-12(17)5-10-7-18-13(15-10)14-6-11(8-1-2-8)9-3-4-9/h7-9,11H,1-6H2,(H,14,15)(H,16,17). The highest BCUT2D eigenvalue weighted by Gasteiger charge is 2.41. The minimum atomic E-state index is -0.819. The molecule has 3 rings (SSSR count). The van der Waals surface area contributed by atoms with Crippen LogP contribution in [-0.2, 0) is 11.2 Å². The quantitative estimate of drug-likeness (QED) is 0.796. The van der Waals surface area contributed by atoms with Gasteiger partial charge in [0.15, 0.2) is 5.13 Å². The largest absolute Gasteiger partial charge is 0.481 e. The van der Waals surface area contributed by atoms with Crippen LogP contribution in [0.25, 0.3) is 0 Å². The fourth-order valence-corrected chi connectivity index (χ4v) is 3.32. The Bertz CT molecular complexity index is 426. The van der Waals surface area contributed by atoms with Gasteiger partial charge in [0.2, 0.25) is 0 Å². The maximum atomic E-state index is 10.6. The second-order valence-electron chi connectivity index (χ2n) is 5.43. The summed E-state index contributed by atoms with van der Waals surface area (Å²) < 4.78 is 0.